The average Bonchev–Trinajstić information content (AvgIpc) is 3.17. The van der Waals surface area contributed by atoms with Crippen LogP contribution in [-0.2, 0) is 17.9 Å². The van der Waals surface area contributed by atoms with Crippen LogP contribution in [0.15, 0.2) is 53.7 Å². The summed E-state index contributed by atoms with van der Waals surface area (Å²) in [7, 11) is 0. The number of imidazole rings is 1. The molecule has 3 aromatic rings. The van der Waals surface area contributed by atoms with Gasteiger partial charge in [0.15, 0.2) is 0 Å². The Morgan fingerprint density at radius 2 is 2.18 bits per heavy atom. The van der Waals surface area contributed by atoms with E-state index >= 15 is 0 Å². The van der Waals surface area contributed by atoms with Crippen LogP contribution in [0.5, 0.6) is 0 Å². The first-order chi connectivity index (χ1) is 10.7. The maximum absolute atomic E-state index is 6.34. The van der Waals surface area contributed by atoms with Gasteiger partial charge in [-0.2, -0.15) is 11.3 Å². The van der Waals surface area contributed by atoms with E-state index in [9.17, 15) is 0 Å². The van der Waals surface area contributed by atoms with Crippen molar-refractivity contribution in [2.24, 2.45) is 0 Å². The molecule has 0 spiro atoms. The van der Waals surface area contributed by atoms with Gasteiger partial charge in [-0.3, -0.25) is 0 Å². The van der Waals surface area contributed by atoms with Crippen LogP contribution in [0.2, 0.25) is 10.0 Å². The lowest BCUT2D eigenvalue weighted by molar-refractivity contribution is 0.0282. The van der Waals surface area contributed by atoms with Gasteiger partial charge in [0.2, 0.25) is 0 Å². The van der Waals surface area contributed by atoms with E-state index in [-0.39, 0.29) is 6.10 Å². The average molecular weight is 353 g/mol. The van der Waals surface area contributed by atoms with Crippen molar-refractivity contribution < 1.29 is 4.74 Å². The third kappa shape index (κ3) is 3.90. The minimum absolute atomic E-state index is 0.168. The number of hydrogen-bond acceptors (Lipinski definition) is 3. The molecule has 0 fully saturated rings. The first kappa shape index (κ1) is 15.6. The fourth-order valence-electron chi connectivity index (χ4n) is 2.16. The molecule has 0 saturated carbocycles. The number of benzene rings is 1. The summed E-state index contributed by atoms with van der Waals surface area (Å²) < 4.78 is 8.07. The summed E-state index contributed by atoms with van der Waals surface area (Å²) in [5, 5.41) is 5.35. The molecule has 22 heavy (non-hydrogen) atoms. The molecule has 0 saturated heterocycles. The smallest absolute Gasteiger partial charge is 0.102 e. The summed E-state index contributed by atoms with van der Waals surface area (Å²) in [4.78, 5) is 4.07. The zero-order valence-corrected chi connectivity index (χ0v) is 14.0. The molecule has 0 bridgehead atoms. The zero-order valence-electron chi connectivity index (χ0n) is 11.7. The van der Waals surface area contributed by atoms with Gasteiger partial charge in [-0.1, -0.05) is 29.3 Å². The molecule has 1 aromatic carbocycles. The van der Waals surface area contributed by atoms with Crippen LogP contribution in [0.1, 0.15) is 17.2 Å². The standard InChI is InChI=1S/C16H14Cl2N2OS/c17-13-1-2-14(15(18)7-13)16(8-20-5-4-19-11-20)21-9-12-3-6-22-10-12/h1-7,10-11,16H,8-9H2. The van der Waals surface area contributed by atoms with E-state index in [0.29, 0.717) is 23.2 Å². The van der Waals surface area contributed by atoms with E-state index in [2.05, 4.69) is 16.4 Å². The van der Waals surface area contributed by atoms with Crippen molar-refractivity contribution in [3.63, 3.8) is 0 Å². The van der Waals surface area contributed by atoms with Gasteiger partial charge in [-0.25, -0.2) is 4.98 Å². The van der Waals surface area contributed by atoms with E-state index in [1.54, 1.807) is 29.9 Å². The van der Waals surface area contributed by atoms with Gasteiger partial charge < -0.3 is 9.30 Å². The second-order valence-corrected chi connectivity index (χ2v) is 6.48. The molecule has 6 heteroatoms. The van der Waals surface area contributed by atoms with E-state index in [1.807, 2.05) is 28.3 Å². The largest absolute Gasteiger partial charge is 0.367 e. The van der Waals surface area contributed by atoms with Gasteiger partial charge in [-0.15, -0.1) is 0 Å². The highest BCUT2D eigenvalue weighted by Gasteiger charge is 2.17. The Bertz CT molecular complexity index is 714. The first-order valence-corrected chi connectivity index (χ1v) is 8.45. The Hall–Kier alpha value is -1.33. The topological polar surface area (TPSA) is 27.1 Å². The van der Waals surface area contributed by atoms with E-state index in [0.717, 1.165) is 11.1 Å². The molecule has 1 unspecified atom stereocenters. The molecule has 1 atom stereocenters. The van der Waals surface area contributed by atoms with Crippen LogP contribution in [0.4, 0.5) is 0 Å². The molecule has 0 amide bonds. The number of halogens is 2. The van der Waals surface area contributed by atoms with Crippen molar-refractivity contribution in [2.45, 2.75) is 19.3 Å². The fourth-order valence-corrected chi connectivity index (χ4v) is 3.34. The van der Waals surface area contributed by atoms with Crippen molar-refractivity contribution in [3.05, 3.63) is 74.9 Å². The lowest BCUT2D eigenvalue weighted by atomic mass is 10.1. The second-order valence-electron chi connectivity index (χ2n) is 4.86. The molecule has 0 N–H and O–H groups in total. The fraction of sp³-hybridized carbons (Fsp3) is 0.188. The Balaban J connectivity index is 1.81. The number of aromatic nitrogens is 2. The first-order valence-electron chi connectivity index (χ1n) is 6.76. The van der Waals surface area contributed by atoms with E-state index < -0.39 is 0 Å². The maximum Gasteiger partial charge on any atom is 0.102 e. The molecule has 0 aliphatic rings. The van der Waals surface area contributed by atoms with Gasteiger partial charge in [-0.05, 0) is 34.5 Å². The van der Waals surface area contributed by atoms with E-state index in [1.165, 1.54) is 0 Å². The molecule has 0 aliphatic heterocycles. The van der Waals surface area contributed by atoms with Crippen LogP contribution >= 0.6 is 34.5 Å². The van der Waals surface area contributed by atoms with Crippen LogP contribution in [0, 0.1) is 0 Å². The molecule has 0 aliphatic carbocycles. The summed E-state index contributed by atoms with van der Waals surface area (Å²) in [6, 6.07) is 7.55. The SMILES string of the molecule is Clc1ccc(C(Cn2ccnc2)OCc2ccsc2)c(Cl)c1. The van der Waals surface area contributed by atoms with Crippen LogP contribution < -0.4 is 0 Å². The molecular weight excluding hydrogens is 339 g/mol. The van der Waals surface area contributed by atoms with Crippen LogP contribution in [0.25, 0.3) is 0 Å². The number of nitrogens with zero attached hydrogens (tertiary/aromatic N) is 2. The van der Waals surface area contributed by atoms with Crippen molar-refractivity contribution >= 4 is 34.5 Å². The van der Waals surface area contributed by atoms with Gasteiger partial charge in [0.1, 0.15) is 6.10 Å². The summed E-state index contributed by atoms with van der Waals surface area (Å²) in [6.07, 6.45) is 5.26. The highest BCUT2D eigenvalue weighted by Crippen LogP contribution is 2.30. The van der Waals surface area contributed by atoms with Gasteiger partial charge in [0, 0.05) is 28.0 Å². The highest BCUT2D eigenvalue weighted by molar-refractivity contribution is 7.07. The Morgan fingerprint density at radius 3 is 2.86 bits per heavy atom. The predicted molar refractivity (Wildman–Crippen MR) is 90.5 cm³/mol. The Labute approximate surface area is 143 Å². The third-order valence-corrected chi connectivity index (χ3v) is 4.57. The predicted octanol–water partition coefficient (Wildman–Crippen LogP) is 5.21. The lowest BCUT2D eigenvalue weighted by Gasteiger charge is -2.20. The summed E-state index contributed by atoms with van der Waals surface area (Å²) in [5.41, 5.74) is 2.08. The highest BCUT2D eigenvalue weighted by atomic mass is 35.5. The molecule has 114 valence electrons. The number of ether oxygens (including phenoxy) is 1. The minimum atomic E-state index is -0.168. The van der Waals surface area contributed by atoms with Gasteiger partial charge >= 0.3 is 0 Å². The normalized spacial score (nSPS) is 12.5. The summed E-state index contributed by atoms with van der Waals surface area (Å²) >= 11 is 14.0. The quantitative estimate of drug-likeness (QED) is 0.608. The monoisotopic (exact) mass is 352 g/mol. The minimum Gasteiger partial charge on any atom is -0.367 e. The van der Waals surface area contributed by atoms with Crippen LogP contribution in [-0.4, -0.2) is 9.55 Å². The molecule has 2 aromatic heterocycles. The lowest BCUT2D eigenvalue weighted by Crippen LogP contribution is -2.12. The van der Waals surface area contributed by atoms with Crippen molar-refractivity contribution in [1.82, 2.24) is 9.55 Å². The molecule has 0 radical (unpaired) electrons. The third-order valence-electron chi connectivity index (χ3n) is 3.28. The van der Waals surface area contributed by atoms with Crippen molar-refractivity contribution in [3.8, 4) is 0 Å². The maximum atomic E-state index is 6.34. The number of hydrogen-bond donors (Lipinski definition) is 0. The summed E-state index contributed by atoms with van der Waals surface area (Å²) in [5.74, 6) is 0. The molecule has 3 rings (SSSR count). The van der Waals surface area contributed by atoms with Crippen molar-refractivity contribution in [2.75, 3.05) is 0 Å². The van der Waals surface area contributed by atoms with Gasteiger partial charge in [0.25, 0.3) is 0 Å². The zero-order chi connectivity index (χ0) is 15.4. The van der Waals surface area contributed by atoms with Gasteiger partial charge in [0.05, 0.1) is 19.5 Å². The Kier molecular flexibility index (Phi) is 5.16. The number of rotatable bonds is 6. The summed E-state index contributed by atoms with van der Waals surface area (Å²) in [6.45, 7) is 1.19. The molecule has 2 heterocycles. The van der Waals surface area contributed by atoms with E-state index in [4.69, 9.17) is 27.9 Å². The molecular formula is C16H14Cl2N2OS. The Morgan fingerprint density at radius 1 is 1.27 bits per heavy atom. The van der Waals surface area contributed by atoms with Crippen LogP contribution in [0.3, 0.4) is 0 Å². The number of thiophene rings is 1. The van der Waals surface area contributed by atoms with Crippen molar-refractivity contribution in [1.29, 1.82) is 0 Å². The second kappa shape index (κ2) is 7.29. The molecule has 3 nitrogen and oxygen atoms in total.